The van der Waals surface area contributed by atoms with Crippen LogP contribution in [-0.2, 0) is 13.1 Å². The van der Waals surface area contributed by atoms with E-state index in [2.05, 4.69) is 68.4 Å². The van der Waals surface area contributed by atoms with E-state index in [0.29, 0.717) is 6.04 Å². The number of anilines is 1. The Morgan fingerprint density at radius 2 is 1.90 bits per heavy atom. The maximum Gasteiger partial charge on any atom is 0.123 e. The molecule has 0 radical (unpaired) electrons. The zero-order valence-corrected chi connectivity index (χ0v) is 12.8. The van der Waals surface area contributed by atoms with Crippen LogP contribution in [0.3, 0.4) is 0 Å². The first-order valence-corrected chi connectivity index (χ1v) is 7.14. The van der Waals surface area contributed by atoms with Crippen molar-refractivity contribution < 1.29 is 4.42 Å². The molecule has 0 saturated carbocycles. The maximum atomic E-state index is 5.95. The van der Waals surface area contributed by atoms with Gasteiger partial charge in [-0.05, 0) is 30.7 Å². The van der Waals surface area contributed by atoms with Gasteiger partial charge in [-0.25, -0.2) is 0 Å². The summed E-state index contributed by atoms with van der Waals surface area (Å²) in [6.07, 6.45) is 0. The largest absolute Gasteiger partial charge is 0.463 e. The van der Waals surface area contributed by atoms with Gasteiger partial charge >= 0.3 is 0 Å². The van der Waals surface area contributed by atoms with E-state index in [1.807, 2.05) is 6.07 Å². The molecule has 0 aliphatic rings. The Morgan fingerprint density at radius 1 is 1.20 bits per heavy atom. The molecule has 2 aromatic rings. The van der Waals surface area contributed by atoms with Crippen LogP contribution in [0.15, 0.2) is 40.8 Å². The molecule has 3 heteroatoms. The number of hydrogen-bond acceptors (Lipinski definition) is 3. The number of nitrogens with zero attached hydrogens (tertiary/aromatic N) is 1. The van der Waals surface area contributed by atoms with E-state index < -0.39 is 0 Å². The predicted octanol–water partition coefficient (Wildman–Crippen LogP) is 3.72. The van der Waals surface area contributed by atoms with E-state index in [1.165, 1.54) is 11.3 Å². The minimum absolute atomic E-state index is 0.468. The minimum atomic E-state index is 0.468. The van der Waals surface area contributed by atoms with Gasteiger partial charge in [0.2, 0.25) is 0 Å². The number of benzene rings is 1. The molecule has 0 bridgehead atoms. The smallest absolute Gasteiger partial charge is 0.123 e. The summed E-state index contributed by atoms with van der Waals surface area (Å²) >= 11 is 0. The highest BCUT2D eigenvalue weighted by Crippen LogP contribution is 2.19. The molecule has 0 aliphatic carbocycles. The lowest BCUT2D eigenvalue weighted by molar-refractivity contribution is 0.432. The van der Waals surface area contributed by atoms with Crippen LogP contribution in [0.2, 0.25) is 0 Å². The third-order valence-electron chi connectivity index (χ3n) is 3.33. The van der Waals surface area contributed by atoms with Crippen molar-refractivity contribution in [3.05, 3.63) is 53.5 Å². The summed E-state index contributed by atoms with van der Waals surface area (Å²) in [5.41, 5.74) is 2.41. The lowest BCUT2D eigenvalue weighted by Crippen LogP contribution is -2.21. The fourth-order valence-corrected chi connectivity index (χ4v) is 2.15. The average molecular weight is 272 g/mol. The lowest BCUT2D eigenvalue weighted by Gasteiger charge is -2.17. The van der Waals surface area contributed by atoms with Crippen LogP contribution < -0.4 is 10.2 Å². The number of hydrogen-bond donors (Lipinski definition) is 1. The highest BCUT2D eigenvalue weighted by atomic mass is 16.3. The Morgan fingerprint density at radius 3 is 2.55 bits per heavy atom. The normalized spacial score (nSPS) is 11.1. The standard InChI is InChI=1S/C17H24N2O/c1-13(2)18-11-17-14(3)10-16(20-17)12-19(4)15-8-6-5-7-9-15/h5-10,13,18H,11-12H2,1-4H3. The van der Waals surface area contributed by atoms with Crippen LogP contribution in [0, 0.1) is 6.92 Å². The quantitative estimate of drug-likeness (QED) is 0.868. The van der Waals surface area contributed by atoms with Gasteiger partial charge in [-0.1, -0.05) is 32.0 Å². The van der Waals surface area contributed by atoms with Crippen molar-refractivity contribution in [3.8, 4) is 0 Å². The molecule has 0 fully saturated rings. The molecule has 3 nitrogen and oxygen atoms in total. The Bertz CT molecular complexity index is 531. The fourth-order valence-electron chi connectivity index (χ4n) is 2.15. The van der Waals surface area contributed by atoms with E-state index in [9.17, 15) is 0 Å². The van der Waals surface area contributed by atoms with Crippen molar-refractivity contribution in [1.82, 2.24) is 5.32 Å². The monoisotopic (exact) mass is 272 g/mol. The molecule has 1 N–H and O–H groups in total. The van der Waals surface area contributed by atoms with Crippen molar-refractivity contribution in [2.24, 2.45) is 0 Å². The minimum Gasteiger partial charge on any atom is -0.463 e. The highest BCUT2D eigenvalue weighted by Gasteiger charge is 2.10. The number of furan rings is 1. The molecule has 0 unspecified atom stereocenters. The van der Waals surface area contributed by atoms with Gasteiger partial charge in [-0.15, -0.1) is 0 Å². The zero-order valence-electron chi connectivity index (χ0n) is 12.8. The van der Waals surface area contributed by atoms with Crippen molar-refractivity contribution in [2.45, 2.75) is 39.9 Å². The van der Waals surface area contributed by atoms with Gasteiger partial charge in [0.05, 0.1) is 13.1 Å². The van der Waals surface area contributed by atoms with Crippen LogP contribution in [0.5, 0.6) is 0 Å². The van der Waals surface area contributed by atoms with Gasteiger partial charge in [-0.2, -0.15) is 0 Å². The lowest BCUT2D eigenvalue weighted by atomic mass is 10.2. The molecule has 0 aliphatic heterocycles. The second-order valence-electron chi connectivity index (χ2n) is 5.55. The van der Waals surface area contributed by atoms with Crippen molar-refractivity contribution in [3.63, 3.8) is 0 Å². The molecule has 0 spiro atoms. The number of aryl methyl sites for hydroxylation is 1. The van der Waals surface area contributed by atoms with Gasteiger partial charge < -0.3 is 14.6 Å². The number of nitrogens with one attached hydrogen (secondary N) is 1. The Balaban J connectivity index is 2.01. The van der Waals surface area contributed by atoms with Crippen LogP contribution >= 0.6 is 0 Å². The molecule has 108 valence electrons. The molecular formula is C17H24N2O. The summed E-state index contributed by atoms with van der Waals surface area (Å²) in [5.74, 6) is 2.05. The van der Waals surface area contributed by atoms with Gasteiger partial charge in [-0.3, -0.25) is 0 Å². The van der Waals surface area contributed by atoms with Crippen LogP contribution in [0.4, 0.5) is 5.69 Å². The van der Waals surface area contributed by atoms with E-state index in [4.69, 9.17) is 4.42 Å². The summed E-state index contributed by atoms with van der Waals surface area (Å²) < 4.78 is 5.95. The Labute approximate surface area is 121 Å². The van der Waals surface area contributed by atoms with Gasteiger partial charge in [0, 0.05) is 18.8 Å². The molecular weight excluding hydrogens is 248 g/mol. The molecule has 1 heterocycles. The van der Waals surface area contributed by atoms with Crippen LogP contribution in [0.1, 0.15) is 30.9 Å². The molecule has 1 aromatic heterocycles. The molecule has 20 heavy (non-hydrogen) atoms. The van der Waals surface area contributed by atoms with Gasteiger partial charge in [0.25, 0.3) is 0 Å². The number of rotatable bonds is 6. The Kier molecular flexibility index (Phi) is 4.85. The van der Waals surface area contributed by atoms with Gasteiger partial charge in [0.1, 0.15) is 11.5 Å². The molecule has 0 amide bonds. The van der Waals surface area contributed by atoms with E-state index in [0.717, 1.165) is 24.6 Å². The third kappa shape index (κ3) is 3.87. The Hall–Kier alpha value is -1.74. The average Bonchev–Trinajstić information content (AvgIpc) is 2.77. The SMILES string of the molecule is Cc1cc(CN(C)c2ccccc2)oc1CNC(C)C. The first-order chi connectivity index (χ1) is 9.56. The summed E-state index contributed by atoms with van der Waals surface area (Å²) in [7, 11) is 2.08. The van der Waals surface area contributed by atoms with Gasteiger partial charge in [0.15, 0.2) is 0 Å². The van der Waals surface area contributed by atoms with E-state index >= 15 is 0 Å². The van der Waals surface area contributed by atoms with E-state index in [1.54, 1.807) is 0 Å². The van der Waals surface area contributed by atoms with E-state index in [-0.39, 0.29) is 0 Å². The molecule has 0 atom stereocenters. The third-order valence-corrected chi connectivity index (χ3v) is 3.33. The zero-order chi connectivity index (χ0) is 14.5. The van der Waals surface area contributed by atoms with Crippen molar-refractivity contribution in [2.75, 3.05) is 11.9 Å². The first-order valence-electron chi connectivity index (χ1n) is 7.14. The summed E-state index contributed by atoms with van der Waals surface area (Å²) in [5, 5.41) is 3.39. The second-order valence-corrected chi connectivity index (χ2v) is 5.55. The maximum absolute atomic E-state index is 5.95. The predicted molar refractivity (Wildman–Crippen MR) is 84.0 cm³/mol. The second kappa shape index (κ2) is 6.62. The molecule has 2 rings (SSSR count). The molecule has 1 aromatic carbocycles. The fraction of sp³-hybridized carbons (Fsp3) is 0.412. The van der Waals surface area contributed by atoms with Crippen molar-refractivity contribution in [1.29, 1.82) is 0 Å². The summed E-state index contributed by atoms with van der Waals surface area (Å²) in [6, 6.07) is 13.0. The molecule has 0 saturated heterocycles. The number of para-hydroxylation sites is 1. The van der Waals surface area contributed by atoms with Crippen LogP contribution in [0.25, 0.3) is 0 Å². The topological polar surface area (TPSA) is 28.4 Å². The van der Waals surface area contributed by atoms with Crippen LogP contribution in [-0.4, -0.2) is 13.1 Å². The first kappa shape index (κ1) is 14.7. The van der Waals surface area contributed by atoms with Crippen molar-refractivity contribution >= 4 is 5.69 Å². The highest BCUT2D eigenvalue weighted by molar-refractivity contribution is 5.45. The summed E-state index contributed by atoms with van der Waals surface area (Å²) in [4.78, 5) is 2.19. The summed E-state index contributed by atoms with van der Waals surface area (Å²) in [6.45, 7) is 7.96.